The van der Waals surface area contributed by atoms with E-state index in [1.54, 1.807) is 13.8 Å². The third-order valence-electron chi connectivity index (χ3n) is 4.42. The molecule has 32 heavy (non-hydrogen) atoms. The van der Waals surface area contributed by atoms with Gasteiger partial charge < -0.3 is 0 Å². The molecule has 0 fully saturated rings. The molecule has 0 radical (unpaired) electrons. The van der Waals surface area contributed by atoms with Crippen molar-refractivity contribution < 1.29 is 43.9 Å². The maximum absolute atomic E-state index is 14.4. The van der Waals surface area contributed by atoms with Crippen molar-refractivity contribution in [3.63, 3.8) is 0 Å². The Kier molecular flexibility index (Phi) is 6.21. The monoisotopic (exact) mass is 462 g/mol. The molecule has 1 aliphatic carbocycles. The Bertz CT molecular complexity index is 1220. The number of benzene rings is 2. The molecule has 0 aromatic heterocycles. The fourth-order valence-corrected chi connectivity index (χ4v) is 3.05. The molecule has 0 bridgehead atoms. The van der Waals surface area contributed by atoms with Crippen molar-refractivity contribution in [2.75, 3.05) is 0 Å². The van der Waals surface area contributed by atoms with Crippen LogP contribution in [0.3, 0.4) is 0 Å². The van der Waals surface area contributed by atoms with Crippen LogP contribution in [0.5, 0.6) is 0 Å². The van der Waals surface area contributed by atoms with Gasteiger partial charge in [-0.1, -0.05) is 0 Å². The molecule has 0 saturated carbocycles. The van der Waals surface area contributed by atoms with Crippen molar-refractivity contribution in [1.82, 2.24) is 0 Å². The van der Waals surface area contributed by atoms with E-state index >= 15 is 0 Å². The predicted molar refractivity (Wildman–Crippen MR) is 98.4 cm³/mol. The van der Waals surface area contributed by atoms with E-state index < -0.39 is 80.2 Å². The molecule has 0 aliphatic heterocycles. The van der Waals surface area contributed by atoms with Gasteiger partial charge in [-0.2, -0.15) is 0 Å². The van der Waals surface area contributed by atoms with Crippen LogP contribution < -0.4 is 5.46 Å². The van der Waals surface area contributed by atoms with Crippen LogP contribution in [-0.2, 0) is 0 Å². The van der Waals surface area contributed by atoms with Gasteiger partial charge in [-0.25, -0.2) is 0 Å². The molecule has 0 spiro atoms. The third kappa shape index (κ3) is 3.80. The molecule has 3 rings (SSSR count). The van der Waals surface area contributed by atoms with E-state index in [-0.39, 0.29) is 5.57 Å². The summed E-state index contributed by atoms with van der Waals surface area (Å²) in [6.45, 7) is 3.56. The van der Waals surface area contributed by atoms with E-state index in [2.05, 4.69) is 0 Å². The molecule has 2 aromatic rings. The predicted octanol–water partition coefficient (Wildman–Crippen LogP) is 5.57. The van der Waals surface area contributed by atoms with Crippen LogP contribution in [-0.4, -0.2) is 12.4 Å². The van der Waals surface area contributed by atoms with Gasteiger partial charge in [0.05, 0.1) is 0 Å². The van der Waals surface area contributed by atoms with Crippen LogP contribution in [0.25, 0.3) is 5.57 Å². The zero-order valence-electron chi connectivity index (χ0n) is 16.1. The van der Waals surface area contributed by atoms with Crippen molar-refractivity contribution in [2.45, 2.75) is 13.8 Å². The first-order chi connectivity index (χ1) is 14.9. The van der Waals surface area contributed by atoms with Crippen LogP contribution >= 0.6 is 0 Å². The fraction of sp³-hybridized carbons (Fsp3) is 0.0952. The molecule has 0 atom stereocenters. The Morgan fingerprint density at radius 3 is 1.44 bits per heavy atom. The molecule has 11 heteroatoms. The van der Waals surface area contributed by atoms with E-state index in [4.69, 9.17) is 0 Å². The van der Waals surface area contributed by atoms with Crippen LogP contribution in [0, 0.1) is 58.2 Å². The molecule has 166 valence electrons. The van der Waals surface area contributed by atoms with Gasteiger partial charge >= 0.3 is 174 Å². The maximum atomic E-state index is 14.4. The Morgan fingerprint density at radius 1 is 0.594 bits per heavy atom. The first kappa shape index (κ1) is 23.6. The molecule has 1 aliphatic rings. The van der Waals surface area contributed by atoms with E-state index in [0.717, 1.165) is 12.2 Å². The van der Waals surface area contributed by atoms with Gasteiger partial charge in [0.1, 0.15) is 0 Å². The second-order valence-electron chi connectivity index (χ2n) is 6.95. The average Bonchev–Trinajstić information content (AvgIpc) is 3.12. The standard InChI is InChI=1S/C21H9BF10/c1-6(2)3-7-4-8(10-12(23)16(27)20(31)17(28)13(10)24)9(5-7)22-11-14(25)18(29)21(32)19(30)15(11)26/h3-5H,1-2H3. The summed E-state index contributed by atoms with van der Waals surface area (Å²) in [4.78, 5) is 0. The molecular formula is C21H9BF10. The van der Waals surface area contributed by atoms with E-state index in [0.29, 0.717) is 12.5 Å². The zero-order chi connectivity index (χ0) is 24.1. The van der Waals surface area contributed by atoms with Gasteiger partial charge in [0.25, 0.3) is 0 Å². The minimum atomic E-state index is -2.43. The van der Waals surface area contributed by atoms with Crippen LogP contribution in [0.2, 0.25) is 0 Å². The summed E-state index contributed by atoms with van der Waals surface area (Å²) in [6, 6.07) is 0. The summed E-state index contributed by atoms with van der Waals surface area (Å²) < 4.78 is 138. The average molecular weight is 462 g/mol. The Labute approximate surface area is 175 Å². The minimum absolute atomic E-state index is 0.110. The summed E-state index contributed by atoms with van der Waals surface area (Å²) >= 11 is 0. The Balaban J connectivity index is 2.36. The van der Waals surface area contributed by atoms with Crippen molar-refractivity contribution in [1.29, 1.82) is 0 Å². The van der Waals surface area contributed by atoms with Gasteiger partial charge in [0, 0.05) is 0 Å². The van der Waals surface area contributed by atoms with E-state index in [9.17, 15) is 43.9 Å². The van der Waals surface area contributed by atoms with Gasteiger partial charge in [-0.05, 0) is 0 Å². The molecule has 0 saturated heterocycles. The van der Waals surface area contributed by atoms with E-state index in [1.165, 1.54) is 6.08 Å². The first-order valence-electron chi connectivity index (χ1n) is 8.70. The second kappa shape index (κ2) is 8.44. The van der Waals surface area contributed by atoms with Gasteiger partial charge in [-0.15, -0.1) is 0 Å². The van der Waals surface area contributed by atoms with Gasteiger partial charge in [0.2, 0.25) is 0 Å². The van der Waals surface area contributed by atoms with Gasteiger partial charge in [0.15, 0.2) is 0 Å². The molecule has 2 aromatic carbocycles. The van der Waals surface area contributed by atoms with Gasteiger partial charge in [-0.3, -0.25) is 0 Å². The number of hydrogen-bond acceptors (Lipinski definition) is 0. The van der Waals surface area contributed by atoms with Crippen LogP contribution in [0.1, 0.15) is 19.4 Å². The zero-order valence-corrected chi connectivity index (χ0v) is 16.1. The van der Waals surface area contributed by atoms with E-state index in [1.807, 2.05) is 0 Å². The van der Waals surface area contributed by atoms with Crippen LogP contribution in [0.15, 0.2) is 29.4 Å². The Hall–Kier alpha value is -3.11. The van der Waals surface area contributed by atoms with Crippen molar-refractivity contribution in [3.8, 4) is 0 Å². The molecule has 0 nitrogen and oxygen atoms in total. The number of hydrogen-bond donors (Lipinski definition) is 0. The molecule has 0 amide bonds. The number of rotatable bonds is 3. The van der Waals surface area contributed by atoms with Crippen LogP contribution in [0.4, 0.5) is 43.9 Å². The molecule has 0 unspecified atom stereocenters. The fourth-order valence-electron chi connectivity index (χ4n) is 3.05. The Morgan fingerprint density at radius 2 is 1.00 bits per heavy atom. The van der Waals surface area contributed by atoms with Crippen molar-refractivity contribution >= 4 is 23.4 Å². The van der Waals surface area contributed by atoms with Crippen molar-refractivity contribution in [3.05, 3.63) is 93.1 Å². The number of allylic oxidation sites excluding steroid dienone is 6. The number of halogens is 10. The summed E-state index contributed by atoms with van der Waals surface area (Å²) in [5.41, 5.74) is -3.43. The molecule has 0 heterocycles. The SMILES string of the molecule is CC(C)=CC1=CC(=Bc2c(F)c(F)c(F)c(F)c2F)C(c2c(F)c(F)c(F)c(F)c2F)=C1. The summed E-state index contributed by atoms with van der Waals surface area (Å²) in [5, 5.41) is 0. The third-order valence-corrected chi connectivity index (χ3v) is 4.42. The quantitative estimate of drug-likeness (QED) is 0.242. The molecular weight excluding hydrogens is 453 g/mol. The van der Waals surface area contributed by atoms with Crippen molar-refractivity contribution in [2.24, 2.45) is 0 Å². The summed E-state index contributed by atoms with van der Waals surface area (Å²) in [5.74, 6) is -22.9. The normalized spacial score (nSPS) is 14.4. The second-order valence-corrected chi connectivity index (χ2v) is 6.95. The first-order valence-corrected chi connectivity index (χ1v) is 8.70. The topological polar surface area (TPSA) is 0 Å². The summed E-state index contributed by atoms with van der Waals surface area (Å²) in [7, 11) is 0. The molecule has 0 N–H and O–H groups in total. The summed E-state index contributed by atoms with van der Waals surface area (Å²) in [6.07, 6.45) is 3.37.